The summed E-state index contributed by atoms with van der Waals surface area (Å²) in [6.45, 7) is 0. The Morgan fingerprint density at radius 3 is 2.21 bits per heavy atom. The summed E-state index contributed by atoms with van der Waals surface area (Å²) in [6.07, 6.45) is 0. The van der Waals surface area contributed by atoms with Crippen LogP contribution >= 0.6 is 10.8 Å². The SMILES string of the molecule is N[C@@H](CSS(=O)(=O)CC(=O)O)C(=O)O. The molecule has 0 radical (unpaired) electrons. The summed E-state index contributed by atoms with van der Waals surface area (Å²) >= 11 is 0. The number of aliphatic carboxylic acids is 2. The van der Waals surface area contributed by atoms with E-state index in [1.165, 1.54) is 0 Å². The van der Waals surface area contributed by atoms with Gasteiger partial charge in [0, 0.05) is 5.75 Å². The molecule has 0 rings (SSSR count). The lowest BCUT2D eigenvalue weighted by Gasteiger charge is -2.04. The Morgan fingerprint density at radius 2 is 1.86 bits per heavy atom. The maximum atomic E-state index is 10.9. The molecule has 0 saturated carbocycles. The van der Waals surface area contributed by atoms with Crippen LogP contribution in [-0.2, 0) is 18.5 Å². The van der Waals surface area contributed by atoms with E-state index >= 15 is 0 Å². The molecule has 0 aliphatic carbocycles. The Hall–Kier alpha value is -0.800. The van der Waals surface area contributed by atoms with Crippen LogP contribution in [0.1, 0.15) is 0 Å². The minimum Gasteiger partial charge on any atom is -0.480 e. The molecule has 0 spiro atoms. The molecule has 9 heteroatoms. The van der Waals surface area contributed by atoms with Crippen LogP contribution in [0.3, 0.4) is 0 Å². The van der Waals surface area contributed by atoms with E-state index in [9.17, 15) is 18.0 Å². The van der Waals surface area contributed by atoms with Gasteiger partial charge in [-0.2, -0.15) is 0 Å². The average molecular weight is 243 g/mol. The van der Waals surface area contributed by atoms with Crippen LogP contribution in [0.15, 0.2) is 0 Å². The van der Waals surface area contributed by atoms with Crippen LogP contribution in [0.2, 0.25) is 0 Å². The lowest BCUT2D eigenvalue weighted by atomic mass is 10.4. The van der Waals surface area contributed by atoms with Crippen molar-refractivity contribution in [3.63, 3.8) is 0 Å². The average Bonchev–Trinajstić information content (AvgIpc) is 1.97. The number of rotatable bonds is 6. The Kier molecular flexibility index (Phi) is 4.88. The van der Waals surface area contributed by atoms with Gasteiger partial charge < -0.3 is 15.9 Å². The molecule has 0 unspecified atom stereocenters. The van der Waals surface area contributed by atoms with E-state index in [-0.39, 0.29) is 16.5 Å². The monoisotopic (exact) mass is 243 g/mol. The number of hydrogen-bond acceptors (Lipinski definition) is 6. The summed E-state index contributed by atoms with van der Waals surface area (Å²) in [5.74, 6) is -4.22. The van der Waals surface area contributed by atoms with Gasteiger partial charge in [0.05, 0.1) is 0 Å². The van der Waals surface area contributed by atoms with E-state index in [2.05, 4.69) is 0 Å². The molecule has 0 aliphatic rings. The van der Waals surface area contributed by atoms with Crippen molar-refractivity contribution in [3.05, 3.63) is 0 Å². The van der Waals surface area contributed by atoms with Crippen molar-refractivity contribution < 1.29 is 28.2 Å². The van der Waals surface area contributed by atoms with Gasteiger partial charge in [0.15, 0.2) is 5.75 Å². The predicted octanol–water partition coefficient (Wildman–Crippen LogP) is -1.45. The fourth-order valence-electron chi connectivity index (χ4n) is 0.441. The van der Waals surface area contributed by atoms with Gasteiger partial charge in [-0.15, -0.1) is 0 Å². The maximum absolute atomic E-state index is 10.9. The van der Waals surface area contributed by atoms with Gasteiger partial charge in [-0.1, -0.05) is 0 Å². The highest BCUT2D eigenvalue weighted by atomic mass is 33.1. The molecule has 14 heavy (non-hydrogen) atoms. The van der Waals surface area contributed by atoms with Crippen LogP contribution in [0.4, 0.5) is 0 Å². The normalized spacial score (nSPS) is 13.5. The highest BCUT2D eigenvalue weighted by molar-refractivity contribution is 8.72. The standard InChI is InChI=1S/C5H9NO6S2/c6-3(5(9)10)1-13-14(11,12)2-4(7)8/h3H,1-2,6H2,(H,7,8)(H,9,10)/t3-/m0/s1. The molecule has 0 aromatic carbocycles. The van der Waals surface area contributed by atoms with Crippen LogP contribution in [-0.4, -0.2) is 48.1 Å². The van der Waals surface area contributed by atoms with Crippen LogP contribution < -0.4 is 5.73 Å². The second kappa shape index (κ2) is 5.17. The molecule has 4 N–H and O–H groups in total. The van der Waals surface area contributed by atoms with Crippen LogP contribution in [0, 0.1) is 0 Å². The van der Waals surface area contributed by atoms with Crippen LogP contribution in [0.25, 0.3) is 0 Å². The number of carbonyl (C=O) groups is 2. The Morgan fingerprint density at radius 1 is 1.36 bits per heavy atom. The molecule has 0 amide bonds. The summed E-state index contributed by atoms with van der Waals surface area (Å²) in [7, 11) is -3.61. The highest BCUT2D eigenvalue weighted by Gasteiger charge is 2.20. The molecule has 0 aliphatic heterocycles. The van der Waals surface area contributed by atoms with E-state index in [1.54, 1.807) is 0 Å². The quantitative estimate of drug-likeness (QED) is 0.482. The first-order valence-corrected chi connectivity index (χ1v) is 6.47. The molecule has 7 nitrogen and oxygen atoms in total. The first-order valence-electron chi connectivity index (χ1n) is 3.32. The highest BCUT2D eigenvalue weighted by Crippen LogP contribution is 2.13. The van der Waals surface area contributed by atoms with Crippen molar-refractivity contribution in [2.45, 2.75) is 6.04 Å². The lowest BCUT2D eigenvalue weighted by molar-refractivity contribution is -0.138. The van der Waals surface area contributed by atoms with E-state index in [0.717, 1.165) is 0 Å². The largest absolute Gasteiger partial charge is 0.480 e. The summed E-state index contributed by atoms with van der Waals surface area (Å²) < 4.78 is 21.8. The van der Waals surface area contributed by atoms with Crippen molar-refractivity contribution in [1.82, 2.24) is 0 Å². The summed E-state index contributed by atoms with van der Waals surface area (Å²) in [4.78, 5) is 20.2. The fourth-order valence-corrected chi connectivity index (χ4v) is 2.94. The maximum Gasteiger partial charge on any atom is 0.321 e. The Bertz CT molecular complexity index is 323. The van der Waals surface area contributed by atoms with E-state index in [4.69, 9.17) is 15.9 Å². The van der Waals surface area contributed by atoms with Crippen molar-refractivity contribution in [1.29, 1.82) is 0 Å². The van der Waals surface area contributed by atoms with Crippen molar-refractivity contribution in [2.24, 2.45) is 5.73 Å². The summed E-state index contributed by atoms with van der Waals surface area (Å²) in [5, 5.41) is 16.5. The zero-order valence-corrected chi connectivity index (χ0v) is 8.55. The number of carboxylic acid groups (broad SMARTS) is 2. The first-order chi connectivity index (χ1) is 6.24. The van der Waals surface area contributed by atoms with Gasteiger partial charge in [0.25, 0.3) is 0 Å². The second-order valence-electron chi connectivity index (χ2n) is 2.33. The minimum atomic E-state index is -3.84. The van der Waals surface area contributed by atoms with Crippen LogP contribution in [0.5, 0.6) is 0 Å². The van der Waals surface area contributed by atoms with Crippen molar-refractivity contribution in [3.8, 4) is 0 Å². The van der Waals surface area contributed by atoms with Gasteiger partial charge in [-0.05, 0) is 10.8 Å². The third-order valence-corrected chi connectivity index (χ3v) is 4.34. The summed E-state index contributed by atoms with van der Waals surface area (Å²) in [5.41, 5.74) is 5.02. The number of hydrogen-bond donors (Lipinski definition) is 3. The molecular weight excluding hydrogens is 234 g/mol. The van der Waals surface area contributed by atoms with E-state index < -0.39 is 32.6 Å². The van der Waals surface area contributed by atoms with Crippen molar-refractivity contribution in [2.75, 3.05) is 11.5 Å². The van der Waals surface area contributed by atoms with Gasteiger partial charge in [-0.3, -0.25) is 9.59 Å². The second-order valence-corrected chi connectivity index (χ2v) is 6.53. The first kappa shape index (κ1) is 13.2. The summed E-state index contributed by atoms with van der Waals surface area (Å²) in [6, 6.07) is -1.32. The lowest BCUT2D eigenvalue weighted by Crippen LogP contribution is -2.33. The number of nitrogens with two attached hydrogens (primary N) is 1. The molecule has 0 saturated heterocycles. The third-order valence-electron chi connectivity index (χ3n) is 1.04. The van der Waals surface area contributed by atoms with Crippen molar-refractivity contribution >= 4 is 31.6 Å². The molecule has 0 aromatic rings. The molecule has 1 atom stereocenters. The molecule has 0 bridgehead atoms. The Balaban J connectivity index is 4.13. The van der Waals surface area contributed by atoms with Gasteiger partial charge >= 0.3 is 11.9 Å². The number of carboxylic acids is 2. The topological polar surface area (TPSA) is 135 Å². The predicted molar refractivity (Wildman–Crippen MR) is 49.5 cm³/mol. The Labute approximate surface area is 83.6 Å². The fraction of sp³-hybridized carbons (Fsp3) is 0.600. The molecule has 0 fully saturated rings. The van der Waals surface area contributed by atoms with Gasteiger partial charge in [0.1, 0.15) is 6.04 Å². The minimum absolute atomic E-state index is 0.229. The molecule has 0 aromatic heterocycles. The third kappa shape index (κ3) is 5.78. The van der Waals surface area contributed by atoms with E-state index in [0.29, 0.717) is 0 Å². The zero-order chi connectivity index (χ0) is 11.4. The molecule has 0 heterocycles. The zero-order valence-electron chi connectivity index (χ0n) is 6.91. The van der Waals surface area contributed by atoms with Gasteiger partial charge in [0.2, 0.25) is 8.87 Å². The molecular formula is C5H9NO6S2. The van der Waals surface area contributed by atoms with E-state index in [1.807, 2.05) is 0 Å². The smallest absolute Gasteiger partial charge is 0.321 e. The van der Waals surface area contributed by atoms with Gasteiger partial charge in [-0.25, -0.2) is 8.42 Å². The molecule has 82 valence electrons.